The van der Waals surface area contributed by atoms with E-state index in [-0.39, 0.29) is 22.7 Å². The average Bonchev–Trinajstić information content (AvgIpc) is 2.99. The van der Waals surface area contributed by atoms with E-state index in [0.717, 1.165) is 23.8 Å². The molecule has 1 aliphatic rings. The van der Waals surface area contributed by atoms with Crippen LogP contribution in [0.5, 0.6) is 5.75 Å². The summed E-state index contributed by atoms with van der Waals surface area (Å²) in [4.78, 5) is 26.2. The molecule has 2 aromatic rings. The summed E-state index contributed by atoms with van der Waals surface area (Å²) in [6.45, 7) is 1.66. The van der Waals surface area contributed by atoms with Gasteiger partial charge in [-0.3, -0.25) is 4.79 Å². The van der Waals surface area contributed by atoms with Gasteiger partial charge in [-0.15, -0.1) is 0 Å². The number of hydrogen-bond acceptors (Lipinski definition) is 5. The number of phenolic OH excluding ortho intramolecular Hbond substituents is 1. The maximum Gasteiger partial charge on any atom is 0.339 e. The minimum Gasteiger partial charge on any atom is -0.507 e. The van der Waals surface area contributed by atoms with Crippen molar-refractivity contribution >= 4 is 16.8 Å². The highest BCUT2D eigenvalue weighted by molar-refractivity contribution is 6.09. The number of carbonyl (C=O) groups excluding carboxylic acids is 1. The fraction of sp³-hybridized carbons (Fsp3) is 0.333. The highest BCUT2D eigenvalue weighted by Crippen LogP contribution is 2.35. The molecule has 0 spiro atoms. The van der Waals surface area contributed by atoms with Crippen LogP contribution in [0, 0.1) is 6.92 Å². The Kier molecular flexibility index (Phi) is 3.72. The van der Waals surface area contributed by atoms with Crippen LogP contribution in [0.1, 0.15) is 33.5 Å². The van der Waals surface area contributed by atoms with Gasteiger partial charge in [0.05, 0.1) is 5.56 Å². The lowest BCUT2D eigenvalue weighted by molar-refractivity contribution is 0.104. The van der Waals surface area contributed by atoms with Crippen molar-refractivity contribution in [1.29, 1.82) is 0 Å². The molecule has 0 unspecified atom stereocenters. The number of fused-ring (bicyclic) bond motifs is 3. The molecular weight excluding hydrogens is 294 g/mol. The fourth-order valence-electron chi connectivity index (χ4n) is 3.06. The number of aryl methyl sites for hydroxylation is 2. The van der Waals surface area contributed by atoms with Gasteiger partial charge in [0.25, 0.3) is 0 Å². The predicted octanol–water partition coefficient (Wildman–Crippen LogP) is 2.55. The zero-order valence-corrected chi connectivity index (χ0v) is 13.5. The molecule has 0 amide bonds. The molecule has 0 bridgehead atoms. The van der Waals surface area contributed by atoms with Crippen molar-refractivity contribution in [2.45, 2.75) is 26.2 Å². The Morgan fingerprint density at radius 1 is 1.30 bits per heavy atom. The van der Waals surface area contributed by atoms with E-state index in [1.165, 1.54) is 6.08 Å². The molecule has 5 heteroatoms. The molecule has 120 valence electrons. The molecule has 0 atom stereocenters. The van der Waals surface area contributed by atoms with Crippen LogP contribution in [0.15, 0.2) is 27.6 Å². The summed E-state index contributed by atoms with van der Waals surface area (Å²) >= 11 is 0. The Bertz CT molecular complexity index is 890. The third-order valence-electron chi connectivity index (χ3n) is 4.26. The number of rotatable bonds is 3. The van der Waals surface area contributed by atoms with E-state index >= 15 is 0 Å². The van der Waals surface area contributed by atoms with Gasteiger partial charge in [0.1, 0.15) is 11.3 Å². The summed E-state index contributed by atoms with van der Waals surface area (Å²) in [5.41, 5.74) is 2.35. The Morgan fingerprint density at radius 3 is 2.70 bits per heavy atom. The van der Waals surface area contributed by atoms with Gasteiger partial charge in [-0.25, -0.2) is 4.79 Å². The molecule has 0 saturated carbocycles. The van der Waals surface area contributed by atoms with Gasteiger partial charge in [-0.05, 0) is 37.8 Å². The van der Waals surface area contributed by atoms with Gasteiger partial charge in [-0.1, -0.05) is 0 Å². The van der Waals surface area contributed by atoms with E-state index in [1.54, 1.807) is 24.1 Å². The first-order valence-corrected chi connectivity index (χ1v) is 7.60. The van der Waals surface area contributed by atoms with E-state index < -0.39 is 0 Å². The lowest BCUT2D eigenvalue weighted by Crippen LogP contribution is -2.09. The topological polar surface area (TPSA) is 70.8 Å². The lowest BCUT2D eigenvalue weighted by atomic mass is 9.98. The monoisotopic (exact) mass is 313 g/mol. The first-order valence-electron chi connectivity index (χ1n) is 7.60. The number of hydrogen-bond donors (Lipinski definition) is 1. The van der Waals surface area contributed by atoms with Gasteiger partial charge in [0.15, 0.2) is 5.78 Å². The molecule has 0 radical (unpaired) electrons. The van der Waals surface area contributed by atoms with Crippen LogP contribution in [-0.2, 0) is 12.8 Å². The number of ketones is 1. The number of benzene rings is 1. The maximum atomic E-state index is 12.4. The highest BCUT2D eigenvalue weighted by Gasteiger charge is 2.23. The molecule has 0 saturated heterocycles. The molecule has 0 fully saturated rings. The molecule has 23 heavy (non-hydrogen) atoms. The van der Waals surface area contributed by atoms with E-state index in [4.69, 9.17) is 4.42 Å². The molecule has 1 heterocycles. The van der Waals surface area contributed by atoms with Gasteiger partial charge >= 0.3 is 5.63 Å². The minimum atomic E-state index is -0.334. The van der Waals surface area contributed by atoms with Crippen molar-refractivity contribution in [3.63, 3.8) is 0 Å². The van der Waals surface area contributed by atoms with Crippen LogP contribution in [0.4, 0.5) is 0 Å². The van der Waals surface area contributed by atoms with Gasteiger partial charge in [0.2, 0.25) is 0 Å². The minimum absolute atomic E-state index is 0.132. The Morgan fingerprint density at radius 2 is 2.00 bits per heavy atom. The summed E-state index contributed by atoms with van der Waals surface area (Å²) in [7, 11) is 3.63. The molecule has 1 aliphatic carbocycles. The van der Waals surface area contributed by atoms with E-state index in [9.17, 15) is 14.7 Å². The van der Waals surface area contributed by atoms with Gasteiger partial charge in [-0.2, -0.15) is 0 Å². The zero-order valence-electron chi connectivity index (χ0n) is 13.5. The summed E-state index contributed by atoms with van der Waals surface area (Å²) in [5.74, 6) is -0.411. The Balaban J connectivity index is 2.26. The molecule has 1 N–H and O–H groups in total. The second kappa shape index (κ2) is 5.57. The first kappa shape index (κ1) is 15.3. The SMILES string of the molecule is Cc1c(O)c(C(=O)/C=C\N(C)C)cc2c3c(c(=O)oc12)CCC3. The van der Waals surface area contributed by atoms with Crippen LogP contribution < -0.4 is 5.63 Å². The molecule has 1 aromatic carbocycles. The number of aromatic hydroxyl groups is 1. The Hall–Kier alpha value is -2.56. The predicted molar refractivity (Wildman–Crippen MR) is 88.1 cm³/mol. The van der Waals surface area contributed by atoms with Crippen LogP contribution in [0.2, 0.25) is 0 Å². The maximum absolute atomic E-state index is 12.4. The van der Waals surface area contributed by atoms with Gasteiger partial charge < -0.3 is 14.4 Å². The van der Waals surface area contributed by atoms with Crippen molar-refractivity contribution in [1.82, 2.24) is 4.90 Å². The van der Waals surface area contributed by atoms with E-state index in [0.29, 0.717) is 23.1 Å². The fourth-order valence-corrected chi connectivity index (χ4v) is 3.06. The smallest absolute Gasteiger partial charge is 0.339 e. The quantitative estimate of drug-likeness (QED) is 0.536. The van der Waals surface area contributed by atoms with Crippen LogP contribution >= 0.6 is 0 Å². The largest absolute Gasteiger partial charge is 0.507 e. The van der Waals surface area contributed by atoms with Crippen LogP contribution in [0.25, 0.3) is 11.0 Å². The third-order valence-corrected chi connectivity index (χ3v) is 4.26. The second-order valence-electron chi connectivity index (χ2n) is 6.12. The van der Waals surface area contributed by atoms with Crippen molar-refractivity contribution in [3.8, 4) is 5.75 Å². The summed E-state index contributed by atoms with van der Waals surface area (Å²) in [6.07, 6.45) is 5.46. The molecule has 5 nitrogen and oxygen atoms in total. The summed E-state index contributed by atoms with van der Waals surface area (Å²) in [5, 5.41) is 11.1. The standard InChI is InChI=1S/C18H19NO4/c1-10-16(21)14(15(20)7-8-19(2)3)9-13-11-5-4-6-12(11)18(22)23-17(10)13/h7-9,21H,4-6H2,1-3H3/b8-7-. The molecular formula is C18H19NO4. The third kappa shape index (κ3) is 2.52. The number of carbonyl (C=O) groups is 1. The first-order chi connectivity index (χ1) is 10.9. The lowest BCUT2D eigenvalue weighted by Gasteiger charge is -2.11. The van der Waals surface area contributed by atoms with Gasteiger partial charge in [0, 0.05) is 42.9 Å². The number of nitrogens with zero attached hydrogens (tertiary/aromatic N) is 1. The second-order valence-corrected chi connectivity index (χ2v) is 6.12. The van der Waals surface area contributed by atoms with Crippen molar-refractivity contribution in [3.05, 3.63) is 51.0 Å². The summed E-state index contributed by atoms with van der Waals surface area (Å²) in [6, 6.07) is 1.65. The summed E-state index contributed by atoms with van der Waals surface area (Å²) < 4.78 is 5.40. The van der Waals surface area contributed by atoms with Crippen molar-refractivity contribution < 1.29 is 14.3 Å². The molecule has 1 aromatic heterocycles. The number of allylic oxidation sites excluding steroid dienone is 1. The average molecular weight is 313 g/mol. The molecule has 0 aliphatic heterocycles. The van der Waals surface area contributed by atoms with Crippen molar-refractivity contribution in [2.75, 3.05) is 14.1 Å². The van der Waals surface area contributed by atoms with Crippen molar-refractivity contribution in [2.24, 2.45) is 0 Å². The van der Waals surface area contributed by atoms with Crippen LogP contribution in [-0.4, -0.2) is 29.9 Å². The normalized spacial score (nSPS) is 13.7. The molecule has 3 rings (SSSR count). The number of phenols is 1. The van der Waals surface area contributed by atoms with Crippen LogP contribution in [0.3, 0.4) is 0 Å². The highest BCUT2D eigenvalue weighted by atomic mass is 16.4. The zero-order chi connectivity index (χ0) is 16.7. The van der Waals surface area contributed by atoms with E-state index in [2.05, 4.69) is 0 Å². The Labute approximate surface area is 133 Å². The van der Waals surface area contributed by atoms with E-state index in [1.807, 2.05) is 14.1 Å².